The molecule has 104 valence electrons. The second-order valence-electron chi connectivity index (χ2n) is 6.94. The van der Waals surface area contributed by atoms with Gasteiger partial charge in [-0.2, -0.15) is 0 Å². The standard InChI is InChI=1S/C15H29N3/c1-18-13-6-7-14(18)10-12(9-13)15(17-16)8-11-4-2-3-5-11/h11-15,17H,2-10,16H2,1H3. The molecular formula is C15H29N3. The summed E-state index contributed by atoms with van der Waals surface area (Å²) in [5.74, 6) is 7.64. The van der Waals surface area contributed by atoms with Crippen molar-refractivity contribution in [2.45, 2.75) is 75.9 Å². The molecule has 3 unspecified atom stereocenters. The molecule has 0 aromatic rings. The maximum atomic E-state index is 5.86. The van der Waals surface area contributed by atoms with Gasteiger partial charge >= 0.3 is 0 Å². The SMILES string of the molecule is CN1C2CCC1CC(C(CC1CCCC1)NN)C2. The zero-order valence-electron chi connectivity index (χ0n) is 11.8. The van der Waals surface area contributed by atoms with Gasteiger partial charge in [-0.05, 0) is 51.0 Å². The second kappa shape index (κ2) is 5.48. The predicted molar refractivity (Wildman–Crippen MR) is 75.0 cm³/mol. The molecule has 0 spiro atoms. The average molecular weight is 251 g/mol. The van der Waals surface area contributed by atoms with E-state index in [0.717, 1.165) is 23.9 Å². The Morgan fingerprint density at radius 3 is 2.28 bits per heavy atom. The summed E-state index contributed by atoms with van der Waals surface area (Å²) in [5.41, 5.74) is 3.16. The van der Waals surface area contributed by atoms with Gasteiger partial charge in [-0.1, -0.05) is 25.7 Å². The van der Waals surface area contributed by atoms with Gasteiger partial charge in [-0.25, -0.2) is 0 Å². The van der Waals surface area contributed by atoms with Crippen molar-refractivity contribution < 1.29 is 0 Å². The largest absolute Gasteiger partial charge is 0.300 e. The van der Waals surface area contributed by atoms with Crippen molar-refractivity contribution in [3.8, 4) is 0 Å². The molecule has 3 fully saturated rings. The van der Waals surface area contributed by atoms with E-state index < -0.39 is 0 Å². The molecule has 0 aromatic heterocycles. The number of hydrogen-bond acceptors (Lipinski definition) is 3. The summed E-state index contributed by atoms with van der Waals surface area (Å²) in [4.78, 5) is 2.62. The molecule has 0 radical (unpaired) electrons. The van der Waals surface area contributed by atoms with Crippen LogP contribution >= 0.6 is 0 Å². The molecule has 2 bridgehead atoms. The lowest BCUT2D eigenvalue weighted by atomic mass is 9.81. The average Bonchev–Trinajstić information content (AvgIpc) is 2.93. The van der Waals surface area contributed by atoms with E-state index in [-0.39, 0.29) is 0 Å². The number of rotatable bonds is 4. The number of nitrogens with one attached hydrogen (secondary N) is 1. The molecule has 18 heavy (non-hydrogen) atoms. The summed E-state index contributed by atoms with van der Waals surface area (Å²) in [6.07, 6.45) is 12.7. The molecule has 3 N–H and O–H groups in total. The Morgan fingerprint density at radius 1 is 1.11 bits per heavy atom. The van der Waals surface area contributed by atoms with Gasteiger partial charge in [0.15, 0.2) is 0 Å². The number of nitrogens with two attached hydrogens (primary N) is 1. The smallest absolute Gasteiger partial charge is 0.0242 e. The molecule has 1 saturated carbocycles. The molecule has 3 nitrogen and oxygen atoms in total. The van der Waals surface area contributed by atoms with Crippen LogP contribution in [0.25, 0.3) is 0 Å². The monoisotopic (exact) mass is 251 g/mol. The summed E-state index contributed by atoms with van der Waals surface area (Å²) in [7, 11) is 2.32. The van der Waals surface area contributed by atoms with Crippen LogP contribution in [0.4, 0.5) is 0 Å². The summed E-state index contributed by atoms with van der Waals surface area (Å²) < 4.78 is 0. The van der Waals surface area contributed by atoms with Crippen LogP contribution in [-0.2, 0) is 0 Å². The number of fused-ring (bicyclic) bond motifs is 2. The molecule has 2 heterocycles. The number of nitrogens with zero attached hydrogens (tertiary/aromatic N) is 1. The molecule has 3 atom stereocenters. The number of hydrogen-bond donors (Lipinski definition) is 2. The summed E-state index contributed by atoms with van der Waals surface area (Å²) in [5, 5.41) is 0. The fraction of sp³-hybridized carbons (Fsp3) is 1.00. The Hall–Kier alpha value is -0.120. The zero-order chi connectivity index (χ0) is 12.5. The Kier molecular flexibility index (Phi) is 3.92. The Bertz CT molecular complexity index is 261. The first-order valence-corrected chi connectivity index (χ1v) is 7.96. The first kappa shape index (κ1) is 12.9. The van der Waals surface area contributed by atoms with E-state index in [1.807, 2.05) is 0 Å². The van der Waals surface area contributed by atoms with Crippen molar-refractivity contribution in [1.29, 1.82) is 0 Å². The molecule has 3 heteroatoms. The highest BCUT2D eigenvalue weighted by Gasteiger charge is 2.41. The number of piperidine rings is 1. The lowest BCUT2D eigenvalue weighted by Gasteiger charge is -2.40. The van der Waals surface area contributed by atoms with Crippen molar-refractivity contribution in [2.75, 3.05) is 7.05 Å². The summed E-state index contributed by atoms with van der Waals surface area (Å²) in [6, 6.07) is 2.26. The van der Waals surface area contributed by atoms with E-state index in [9.17, 15) is 0 Å². The molecule has 0 aromatic carbocycles. The zero-order valence-corrected chi connectivity index (χ0v) is 11.8. The van der Waals surface area contributed by atoms with Crippen LogP contribution in [0, 0.1) is 11.8 Å². The molecule has 0 amide bonds. The minimum Gasteiger partial charge on any atom is -0.300 e. The Morgan fingerprint density at radius 2 is 1.72 bits per heavy atom. The highest BCUT2D eigenvalue weighted by Crippen LogP contribution is 2.40. The molecule has 2 aliphatic heterocycles. The van der Waals surface area contributed by atoms with Gasteiger partial charge in [-0.3, -0.25) is 11.3 Å². The second-order valence-corrected chi connectivity index (χ2v) is 6.94. The van der Waals surface area contributed by atoms with Crippen molar-refractivity contribution in [2.24, 2.45) is 17.7 Å². The Balaban J connectivity index is 1.58. The lowest BCUT2D eigenvalue weighted by Crippen LogP contribution is -2.49. The first-order valence-electron chi connectivity index (χ1n) is 7.96. The third-order valence-corrected chi connectivity index (χ3v) is 5.98. The maximum absolute atomic E-state index is 5.86. The molecule has 3 aliphatic rings. The third-order valence-electron chi connectivity index (χ3n) is 5.98. The van der Waals surface area contributed by atoms with Gasteiger partial charge in [0.1, 0.15) is 0 Å². The molecule has 2 saturated heterocycles. The van der Waals surface area contributed by atoms with Crippen LogP contribution < -0.4 is 11.3 Å². The fourth-order valence-corrected chi connectivity index (χ4v) is 4.78. The van der Waals surface area contributed by atoms with Gasteiger partial charge < -0.3 is 4.90 Å². The minimum absolute atomic E-state index is 0.574. The van der Waals surface area contributed by atoms with Crippen LogP contribution in [0.5, 0.6) is 0 Å². The van der Waals surface area contributed by atoms with Gasteiger partial charge in [-0.15, -0.1) is 0 Å². The fourth-order valence-electron chi connectivity index (χ4n) is 4.78. The van der Waals surface area contributed by atoms with Crippen molar-refractivity contribution in [1.82, 2.24) is 10.3 Å². The minimum atomic E-state index is 0.574. The summed E-state index contributed by atoms with van der Waals surface area (Å²) >= 11 is 0. The quantitative estimate of drug-likeness (QED) is 0.595. The lowest BCUT2D eigenvalue weighted by molar-refractivity contribution is 0.105. The normalized spacial score (nSPS) is 39.3. The predicted octanol–water partition coefficient (Wildman–Crippen LogP) is 2.27. The topological polar surface area (TPSA) is 41.3 Å². The first-order chi connectivity index (χ1) is 8.78. The van der Waals surface area contributed by atoms with E-state index in [4.69, 9.17) is 5.84 Å². The highest BCUT2D eigenvalue weighted by atomic mass is 15.2. The van der Waals surface area contributed by atoms with Crippen molar-refractivity contribution in [3.05, 3.63) is 0 Å². The van der Waals surface area contributed by atoms with Crippen LogP contribution in [0.3, 0.4) is 0 Å². The number of hydrazine groups is 1. The molecule has 3 rings (SSSR count). The van der Waals surface area contributed by atoms with Crippen molar-refractivity contribution >= 4 is 0 Å². The third kappa shape index (κ3) is 2.45. The maximum Gasteiger partial charge on any atom is 0.0242 e. The van der Waals surface area contributed by atoms with Gasteiger partial charge in [0.25, 0.3) is 0 Å². The van der Waals surface area contributed by atoms with Gasteiger partial charge in [0, 0.05) is 18.1 Å². The van der Waals surface area contributed by atoms with Crippen molar-refractivity contribution in [3.63, 3.8) is 0 Å². The van der Waals surface area contributed by atoms with E-state index in [2.05, 4.69) is 17.4 Å². The van der Waals surface area contributed by atoms with E-state index in [1.54, 1.807) is 0 Å². The summed E-state index contributed by atoms with van der Waals surface area (Å²) in [6.45, 7) is 0. The molecule has 1 aliphatic carbocycles. The van der Waals surface area contributed by atoms with Gasteiger partial charge in [0.05, 0.1) is 0 Å². The molecular weight excluding hydrogens is 222 g/mol. The Labute approximate surface area is 111 Å². The van der Waals surface area contributed by atoms with Gasteiger partial charge in [0.2, 0.25) is 0 Å². The van der Waals surface area contributed by atoms with E-state index >= 15 is 0 Å². The van der Waals surface area contributed by atoms with Crippen LogP contribution in [0.1, 0.15) is 57.8 Å². The highest BCUT2D eigenvalue weighted by molar-refractivity contribution is 4.96. The van der Waals surface area contributed by atoms with Crippen LogP contribution in [-0.4, -0.2) is 30.1 Å². The van der Waals surface area contributed by atoms with Crippen LogP contribution in [0.2, 0.25) is 0 Å². The van der Waals surface area contributed by atoms with E-state index in [0.29, 0.717) is 6.04 Å². The van der Waals surface area contributed by atoms with Crippen LogP contribution in [0.15, 0.2) is 0 Å². The van der Waals surface area contributed by atoms with E-state index in [1.165, 1.54) is 57.8 Å².